The van der Waals surface area contributed by atoms with Crippen molar-refractivity contribution in [1.29, 1.82) is 5.41 Å². The summed E-state index contributed by atoms with van der Waals surface area (Å²) in [5, 5.41) is 16.1. The van der Waals surface area contributed by atoms with Crippen molar-refractivity contribution >= 4 is 11.9 Å². The molecule has 0 bridgehead atoms. The fourth-order valence-electron chi connectivity index (χ4n) is 1.74. The lowest BCUT2D eigenvalue weighted by molar-refractivity contribution is -0.122. The van der Waals surface area contributed by atoms with Crippen molar-refractivity contribution in [3.05, 3.63) is 35.9 Å². The summed E-state index contributed by atoms with van der Waals surface area (Å²) in [6.07, 6.45) is 0.453. The van der Waals surface area contributed by atoms with E-state index < -0.39 is 6.04 Å². The van der Waals surface area contributed by atoms with E-state index in [4.69, 9.17) is 15.9 Å². The maximum atomic E-state index is 11.9. The molecule has 6 N–H and O–H groups in total. The van der Waals surface area contributed by atoms with Gasteiger partial charge in [0, 0.05) is 26.7 Å². The van der Waals surface area contributed by atoms with Crippen LogP contribution in [0.25, 0.3) is 0 Å². The Morgan fingerprint density at radius 2 is 1.91 bits per heavy atom. The minimum atomic E-state index is -0.594. The van der Waals surface area contributed by atoms with Crippen molar-refractivity contribution in [2.75, 3.05) is 26.8 Å². The molecule has 0 fully saturated rings. The predicted octanol–water partition coefficient (Wildman–Crippen LogP) is -0.219. The van der Waals surface area contributed by atoms with Gasteiger partial charge in [-0.15, -0.1) is 0 Å². The van der Waals surface area contributed by atoms with Crippen LogP contribution in [0.3, 0.4) is 0 Å². The van der Waals surface area contributed by atoms with E-state index >= 15 is 0 Å². The molecule has 0 aliphatic heterocycles. The molecule has 0 aromatic heterocycles. The molecule has 122 valence electrons. The first-order valence-electron chi connectivity index (χ1n) is 7.26. The minimum Gasteiger partial charge on any atom is -0.383 e. The third kappa shape index (κ3) is 7.61. The molecule has 0 aliphatic carbocycles. The summed E-state index contributed by atoms with van der Waals surface area (Å²) in [5.74, 6) is 0.0125. The second-order valence-corrected chi connectivity index (χ2v) is 4.82. The van der Waals surface area contributed by atoms with Crippen molar-refractivity contribution in [2.24, 2.45) is 5.73 Å². The molecule has 1 amide bonds. The van der Waals surface area contributed by atoms with Gasteiger partial charge in [0.15, 0.2) is 5.96 Å². The number of benzene rings is 1. The number of methoxy groups -OCH3 is 1. The molecule has 0 saturated heterocycles. The second kappa shape index (κ2) is 10.6. The predicted molar refractivity (Wildman–Crippen MR) is 86.5 cm³/mol. The summed E-state index contributed by atoms with van der Waals surface area (Å²) in [6.45, 7) is 2.02. The number of ether oxygens (including phenoxy) is 1. The molecule has 1 aromatic rings. The van der Waals surface area contributed by atoms with Gasteiger partial charge in [0.1, 0.15) is 0 Å². The number of rotatable bonds is 9. The van der Waals surface area contributed by atoms with E-state index in [1.807, 2.05) is 30.3 Å². The first-order valence-corrected chi connectivity index (χ1v) is 7.26. The maximum absolute atomic E-state index is 11.9. The van der Waals surface area contributed by atoms with Crippen LogP contribution in [0.5, 0.6) is 0 Å². The molecule has 0 heterocycles. The number of hydrogen-bond donors (Lipinski definition) is 5. The van der Waals surface area contributed by atoms with E-state index in [0.717, 1.165) is 5.56 Å². The monoisotopic (exact) mass is 307 g/mol. The Hall–Kier alpha value is -2.12. The summed E-state index contributed by atoms with van der Waals surface area (Å²) in [4.78, 5) is 11.9. The zero-order chi connectivity index (χ0) is 16.2. The highest BCUT2D eigenvalue weighted by atomic mass is 16.5. The highest BCUT2D eigenvalue weighted by Crippen LogP contribution is 1.97. The fraction of sp³-hybridized carbons (Fsp3) is 0.467. The van der Waals surface area contributed by atoms with Gasteiger partial charge in [-0.25, -0.2) is 0 Å². The quantitative estimate of drug-likeness (QED) is 0.246. The average molecular weight is 307 g/mol. The van der Waals surface area contributed by atoms with E-state index in [-0.39, 0.29) is 11.9 Å². The molecule has 0 spiro atoms. The molecule has 0 aliphatic rings. The lowest BCUT2D eigenvalue weighted by Gasteiger charge is -2.14. The van der Waals surface area contributed by atoms with Crippen molar-refractivity contribution in [3.8, 4) is 0 Å². The first-order chi connectivity index (χ1) is 10.6. The van der Waals surface area contributed by atoms with Crippen molar-refractivity contribution in [3.63, 3.8) is 0 Å². The number of amides is 1. The van der Waals surface area contributed by atoms with Crippen LogP contribution < -0.4 is 21.7 Å². The summed E-state index contributed by atoms with van der Waals surface area (Å²) < 4.78 is 4.87. The van der Waals surface area contributed by atoms with Crippen LogP contribution in [-0.2, 0) is 16.1 Å². The number of nitrogens with one attached hydrogen (secondary N) is 4. The van der Waals surface area contributed by atoms with Crippen LogP contribution in [0.1, 0.15) is 12.0 Å². The van der Waals surface area contributed by atoms with Crippen LogP contribution in [0, 0.1) is 5.41 Å². The zero-order valence-corrected chi connectivity index (χ0v) is 12.9. The normalized spacial score (nSPS) is 11.5. The molecular weight excluding hydrogens is 282 g/mol. The lowest BCUT2D eigenvalue weighted by Crippen LogP contribution is -2.44. The van der Waals surface area contributed by atoms with E-state index in [1.54, 1.807) is 7.11 Å². The summed E-state index contributed by atoms with van der Waals surface area (Å²) in [6, 6.07) is 9.07. The van der Waals surface area contributed by atoms with E-state index in [2.05, 4.69) is 16.0 Å². The first kappa shape index (κ1) is 17.9. The van der Waals surface area contributed by atoms with Crippen LogP contribution >= 0.6 is 0 Å². The molecule has 1 aromatic carbocycles. The van der Waals surface area contributed by atoms with Gasteiger partial charge < -0.3 is 26.4 Å². The molecule has 7 nitrogen and oxygen atoms in total. The van der Waals surface area contributed by atoms with Crippen LogP contribution in [0.4, 0.5) is 0 Å². The third-order valence-electron chi connectivity index (χ3n) is 3.01. The molecule has 7 heteroatoms. The summed E-state index contributed by atoms with van der Waals surface area (Å²) in [5.41, 5.74) is 6.86. The molecule has 1 rings (SSSR count). The smallest absolute Gasteiger partial charge is 0.237 e. The van der Waals surface area contributed by atoms with Gasteiger partial charge in [-0.2, -0.15) is 0 Å². The Balaban J connectivity index is 2.14. The second-order valence-electron chi connectivity index (χ2n) is 4.82. The molecule has 1 atom stereocenters. The highest BCUT2D eigenvalue weighted by Gasteiger charge is 2.12. The zero-order valence-electron chi connectivity index (χ0n) is 12.9. The van der Waals surface area contributed by atoms with Crippen molar-refractivity contribution < 1.29 is 9.53 Å². The Morgan fingerprint density at radius 1 is 1.23 bits per heavy atom. The maximum Gasteiger partial charge on any atom is 0.237 e. The molecular formula is C15H25N5O2. The van der Waals surface area contributed by atoms with Crippen LogP contribution in [-0.4, -0.2) is 44.7 Å². The third-order valence-corrected chi connectivity index (χ3v) is 3.01. The van der Waals surface area contributed by atoms with Crippen molar-refractivity contribution in [2.45, 2.75) is 19.0 Å². The SMILES string of the molecule is COCCNC(=N)NCC[C@H](N)C(=O)NCc1ccccc1. The van der Waals surface area contributed by atoms with Gasteiger partial charge >= 0.3 is 0 Å². The Labute approximate surface area is 131 Å². The lowest BCUT2D eigenvalue weighted by atomic mass is 10.2. The van der Waals surface area contributed by atoms with E-state index in [0.29, 0.717) is 32.7 Å². The standard InChI is InChI=1S/C15H25N5O2/c1-22-10-9-19-15(17)18-8-7-13(16)14(21)20-11-12-5-3-2-4-6-12/h2-6,13H,7-11,16H2,1H3,(H,20,21)(H3,17,18,19)/t13-/m0/s1. The Morgan fingerprint density at radius 3 is 2.59 bits per heavy atom. The molecule has 0 radical (unpaired) electrons. The fourth-order valence-corrected chi connectivity index (χ4v) is 1.74. The Bertz CT molecular complexity index is 453. The summed E-state index contributed by atoms with van der Waals surface area (Å²) in [7, 11) is 1.60. The van der Waals surface area contributed by atoms with Crippen LogP contribution in [0.15, 0.2) is 30.3 Å². The van der Waals surface area contributed by atoms with E-state index in [1.165, 1.54) is 0 Å². The van der Waals surface area contributed by atoms with Crippen LogP contribution in [0.2, 0.25) is 0 Å². The van der Waals surface area contributed by atoms with E-state index in [9.17, 15) is 4.79 Å². The summed E-state index contributed by atoms with van der Waals surface area (Å²) >= 11 is 0. The average Bonchev–Trinajstić information content (AvgIpc) is 2.53. The molecule has 22 heavy (non-hydrogen) atoms. The molecule has 0 unspecified atom stereocenters. The van der Waals surface area contributed by atoms with Gasteiger partial charge in [-0.1, -0.05) is 30.3 Å². The number of nitrogens with two attached hydrogens (primary N) is 1. The highest BCUT2D eigenvalue weighted by molar-refractivity contribution is 5.81. The number of guanidine groups is 1. The van der Waals surface area contributed by atoms with Gasteiger partial charge in [0.2, 0.25) is 5.91 Å². The number of hydrogen-bond acceptors (Lipinski definition) is 4. The largest absolute Gasteiger partial charge is 0.383 e. The van der Waals surface area contributed by atoms with Gasteiger partial charge in [0.05, 0.1) is 12.6 Å². The van der Waals surface area contributed by atoms with Gasteiger partial charge in [-0.3, -0.25) is 10.2 Å². The van der Waals surface area contributed by atoms with Gasteiger partial charge in [-0.05, 0) is 12.0 Å². The topological polar surface area (TPSA) is 112 Å². The Kier molecular flexibility index (Phi) is 8.63. The number of carbonyl (C=O) groups excluding carboxylic acids is 1. The van der Waals surface area contributed by atoms with Crippen molar-refractivity contribution in [1.82, 2.24) is 16.0 Å². The minimum absolute atomic E-state index is 0.190. The molecule has 0 saturated carbocycles. The van der Waals surface area contributed by atoms with Gasteiger partial charge in [0.25, 0.3) is 0 Å². The number of carbonyl (C=O) groups is 1.